The van der Waals surface area contributed by atoms with Crippen LogP contribution >= 0.6 is 0 Å². The van der Waals surface area contributed by atoms with Crippen LogP contribution in [0.15, 0.2) is 24.3 Å². The molecule has 1 heterocycles. The van der Waals surface area contributed by atoms with Gasteiger partial charge in [-0.15, -0.1) is 0 Å². The van der Waals surface area contributed by atoms with Crippen LogP contribution in [0.2, 0.25) is 19.6 Å². The zero-order chi connectivity index (χ0) is 18.5. The molecule has 2 rings (SSSR count). The summed E-state index contributed by atoms with van der Waals surface area (Å²) in [6.07, 6.45) is 0. The van der Waals surface area contributed by atoms with Crippen LogP contribution in [-0.2, 0) is 10.1 Å². The lowest BCUT2D eigenvalue weighted by Crippen LogP contribution is -2.44. The van der Waals surface area contributed by atoms with Crippen LogP contribution in [0.1, 0.15) is 11.7 Å². The van der Waals surface area contributed by atoms with Gasteiger partial charge in [0.2, 0.25) is 5.91 Å². The minimum atomic E-state index is -5.73. The maximum atomic E-state index is 12.4. The van der Waals surface area contributed by atoms with Crippen molar-refractivity contribution >= 4 is 40.3 Å². The number of nitrogens with zero attached hydrogens (tertiary/aromatic N) is 1. The molecule has 24 heavy (non-hydrogen) atoms. The first kappa shape index (κ1) is 18.5. The molecule has 0 saturated heterocycles. The molecule has 2 aromatic rings. The van der Waals surface area contributed by atoms with E-state index < -0.39 is 29.4 Å². The largest absolute Gasteiger partial charge is 0.534 e. The number of rotatable bonds is 3. The average Bonchev–Trinajstić information content (AvgIpc) is 2.75. The Bertz CT molecular complexity index is 910. The molecule has 0 spiro atoms. The number of hydrogen-bond donors (Lipinski definition) is 0. The molecular weight excluding hydrogens is 363 g/mol. The fourth-order valence-corrected chi connectivity index (χ4v) is 4.30. The highest BCUT2D eigenvalue weighted by Crippen LogP contribution is 2.29. The molecule has 5 nitrogen and oxygen atoms in total. The number of benzene rings is 1. The molecule has 0 bridgehead atoms. The summed E-state index contributed by atoms with van der Waals surface area (Å²) in [5, 5.41) is 1.23. The van der Waals surface area contributed by atoms with E-state index in [0.717, 1.165) is 11.4 Å². The smallest absolute Gasteiger partial charge is 0.376 e. The van der Waals surface area contributed by atoms with E-state index in [0.29, 0.717) is 10.9 Å². The SMILES string of the molecule is CC(=O)n1c([Si](C)(C)C)cc2cc(OS(=O)(=O)C(F)(F)F)ccc21. The van der Waals surface area contributed by atoms with Crippen molar-refractivity contribution in [2.24, 2.45) is 0 Å². The standard InChI is InChI=1S/C14H16F3NO4SSi/c1-9(19)18-12-6-5-11(22-23(20,21)14(15,16)17)7-10(12)8-13(18)24(2,3)4/h5-8H,1-4H3. The van der Waals surface area contributed by atoms with Crippen molar-refractivity contribution in [1.82, 2.24) is 4.57 Å². The molecule has 0 aliphatic rings. The Kier molecular flexibility index (Phi) is 4.34. The predicted molar refractivity (Wildman–Crippen MR) is 86.8 cm³/mol. The molecular formula is C14H16F3NO4SSi. The van der Waals surface area contributed by atoms with Crippen molar-refractivity contribution in [2.75, 3.05) is 0 Å². The third-order valence-electron chi connectivity index (χ3n) is 3.35. The number of carbonyl (C=O) groups excluding carboxylic acids is 1. The van der Waals surface area contributed by atoms with Gasteiger partial charge in [-0.25, -0.2) is 0 Å². The van der Waals surface area contributed by atoms with Crippen molar-refractivity contribution in [3.63, 3.8) is 0 Å². The normalized spacial score (nSPS) is 13.3. The highest BCUT2D eigenvalue weighted by Gasteiger charge is 2.48. The molecule has 0 atom stereocenters. The molecule has 0 unspecified atom stereocenters. The Balaban J connectivity index is 2.60. The fourth-order valence-electron chi connectivity index (χ4n) is 2.31. The van der Waals surface area contributed by atoms with Gasteiger partial charge in [-0.2, -0.15) is 21.6 Å². The van der Waals surface area contributed by atoms with Crippen LogP contribution in [0, 0.1) is 0 Å². The molecule has 1 aromatic carbocycles. The highest BCUT2D eigenvalue weighted by molar-refractivity contribution is 7.88. The maximum absolute atomic E-state index is 12.4. The Morgan fingerprint density at radius 1 is 1.17 bits per heavy atom. The second-order valence-corrected chi connectivity index (χ2v) is 12.9. The molecule has 1 aromatic heterocycles. The number of fused-ring (bicyclic) bond motifs is 1. The van der Waals surface area contributed by atoms with Crippen LogP contribution < -0.4 is 9.50 Å². The van der Waals surface area contributed by atoms with Gasteiger partial charge in [0.25, 0.3) is 0 Å². The predicted octanol–water partition coefficient (Wildman–Crippen LogP) is 3.08. The van der Waals surface area contributed by atoms with Gasteiger partial charge in [0.1, 0.15) is 5.75 Å². The Morgan fingerprint density at radius 2 is 1.75 bits per heavy atom. The summed E-state index contributed by atoms with van der Waals surface area (Å²) >= 11 is 0. The summed E-state index contributed by atoms with van der Waals surface area (Å²) in [4.78, 5) is 11.9. The average molecular weight is 379 g/mol. The molecule has 132 valence electrons. The molecule has 0 aliphatic carbocycles. The summed E-state index contributed by atoms with van der Waals surface area (Å²) in [7, 11) is -7.65. The lowest BCUT2D eigenvalue weighted by molar-refractivity contribution is -0.0500. The van der Waals surface area contributed by atoms with Crippen LogP contribution in [0.3, 0.4) is 0 Å². The molecule has 0 aliphatic heterocycles. The van der Waals surface area contributed by atoms with Crippen LogP contribution in [-0.4, -0.2) is 32.5 Å². The van der Waals surface area contributed by atoms with Crippen LogP contribution in [0.25, 0.3) is 10.9 Å². The van der Waals surface area contributed by atoms with Gasteiger partial charge < -0.3 is 4.18 Å². The Morgan fingerprint density at radius 3 is 2.21 bits per heavy atom. The van der Waals surface area contributed by atoms with E-state index >= 15 is 0 Å². The third-order valence-corrected chi connectivity index (χ3v) is 6.23. The Labute approximate surface area is 138 Å². The topological polar surface area (TPSA) is 65.4 Å². The van der Waals surface area contributed by atoms with Crippen molar-refractivity contribution in [2.45, 2.75) is 32.1 Å². The van der Waals surface area contributed by atoms with Crippen molar-refractivity contribution in [3.8, 4) is 5.75 Å². The van der Waals surface area contributed by atoms with Gasteiger partial charge >= 0.3 is 15.6 Å². The maximum Gasteiger partial charge on any atom is 0.534 e. The molecule has 0 amide bonds. The van der Waals surface area contributed by atoms with Crippen molar-refractivity contribution in [1.29, 1.82) is 0 Å². The number of aromatic nitrogens is 1. The minimum Gasteiger partial charge on any atom is -0.376 e. The second kappa shape index (κ2) is 5.62. The van der Waals surface area contributed by atoms with E-state index in [2.05, 4.69) is 4.18 Å². The molecule has 0 fully saturated rings. The molecule has 0 radical (unpaired) electrons. The van der Waals surface area contributed by atoms with Gasteiger partial charge in [0, 0.05) is 17.6 Å². The monoisotopic (exact) mass is 379 g/mol. The lowest BCUT2D eigenvalue weighted by Gasteiger charge is -2.18. The first-order valence-corrected chi connectivity index (χ1v) is 11.8. The van der Waals surface area contributed by atoms with E-state index in [1.165, 1.54) is 23.6 Å². The first-order valence-electron chi connectivity index (χ1n) is 6.92. The van der Waals surface area contributed by atoms with Crippen LogP contribution in [0.5, 0.6) is 5.75 Å². The first-order chi connectivity index (χ1) is 10.7. The fraction of sp³-hybridized carbons (Fsp3) is 0.357. The van der Waals surface area contributed by atoms with E-state index in [9.17, 15) is 26.4 Å². The molecule has 0 saturated carbocycles. The number of alkyl halides is 3. The number of carbonyl (C=O) groups is 1. The van der Waals surface area contributed by atoms with Gasteiger partial charge in [-0.3, -0.25) is 9.36 Å². The van der Waals surface area contributed by atoms with Crippen molar-refractivity contribution in [3.05, 3.63) is 24.3 Å². The molecule has 10 heteroatoms. The van der Waals surface area contributed by atoms with E-state index in [4.69, 9.17) is 0 Å². The minimum absolute atomic E-state index is 0.223. The van der Waals surface area contributed by atoms with Crippen LogP contribution in [0.4, 0.5) is 13.2 Å². The zero-order valence-corrected chi connectivity index (χ0v) is 15.2. The van der Waals surface area contributed by atoms with Gasteiger partial charge in [-0.05, 0) is 24.3 Å². The highest BCUT2D eigenvalue weighted by atomic mass is 32.2. The van der Waals surface area contributed by atoms with Gasteiger partial charge in [0.15, 0.2) is 0 Å². The summed E-state index contributed by atoms with van der Waals surface area (Å²) < 4.78 is 65.1. The third kappa shape index (κ3) is 3.34. The summed E-state index contributed by atoms with van der Waals surface area (Å²) in [5.74, 6) is -0.679. The van der Waals surface area contributed by atoms with Gasteiger partial charge in [0.05, 0.1) is 13.6 Å². The Hall–Kier alpha value is -1.81. The summed E-state index contributed by atoms with van der Waals surface area (Å²) in [6, 6.07) is 5.35. The van der Waals surface area contributed by atoms with Crippen molar-refractivity contribution < 1.29 is 30.6 Å². The van der Waals surface area contributed by atoms with Gasteiger partial charge in [-0.1, -0.05) is 19.6 Å². The van der Waals surface area contributed by atoms with E-state index in [-0.39, 0.29) is 5.91 Å². The summed E-state index contributed by atoms with van der Waals surface area (Å²) in [5.41, 5.74) is -5.01. The zero-order valence-electron chi connectivity index (χ0n) is 13.4. The van der Waals surface area contributed by atoms with E-state index in [1.54, 1.807) is 6.07 Å². The second-order valence-electron chi connectivity index (χ2n) is 6.34. The van der Waals surface area contributed by atoms with E-state index in [1.807, 2.05) is 19.6 Å². The quantitative estimate of drug-likeness (QED) is 0.467. The number of halogens is 3. The number of hydrogen-bond acceptors (Lipinski definition) is 4. The lowest BCUT2D eigenvalue weighted by atomic mass is 10.2. The summed E-state index contributed by atoms with van der Waals surface area (Å²) in [6.45, 7) is 7.45. The molecule has 0 N–H and O–H groups in total.